The maximum atomic E-state index is 2.65. The Bertz CT molecular complexity index is 1210. The second kappa shape index (κ2) is 7.96. The molecule has 0 amide bonds. The van der Waals surface area contributed by atoms with Crippen LogP contribution in [-0.4, -0.2) is 0 Å². The zero-order valence-electron chi connectivity index (χ0n) is 24.8. The van der Waals surface area contributed by atoms with Gasteiger partial charge < -0.3 is 0 Å². The van der Waals surface area contributed by atoms with Crippen LogP contribution in [0.2, 0.25) is 0 Å². The molecule has 1 unspecified atom stereocenters. The molecule has 0 fully saturated rings. The lowest BCUT2D eigenvalue weighted by atomic mass is 9.60. The molecule has 0 saturated heterocycles. The van der Waals surface area contributed by atoms with Gasteiger partial charge in [-0.3, -0.25) is 0 Å². The minimum atomic E-state index is 0.142. The molecule has 0 aliphatic heterocycles. The van der Waals surface area contributed by atoms with Crippen LogP contribution in [0.3, 0.4) is 0 Å². The summed E-state index contributed by atoms with van der Waals surface area (Å²) in [4.78, 5) is 0. The maximum Gasteiger partial charge on any atom is 0.0201 e. The molecule has 0 saturated carbocycles. The highest BCUT2D eigenvalue weighted by atomic mass is 14.6. The van der Waals surface area contributed by atoms with E-state index in [1.165, 1.54) is 41.5 Å². The second-order valence-corrected chi connectivity index (χ2v) is 15.3. The summed E-state index contributed by atoms with van der Waals surface area (Å²) in [7, 11) is 0. The summed E-state index contributed by atoms with van der Waals surface area (Å²) in [6.07, 6.45) is 6.36. The number of hydrogen-bond acceptors (Lipinski definition) is 0. The van der Waals surface area contributed by atoms with Crippen LogP contribution in [-0.2, 0) is 10.8 Å². The SMILES string of the molecule is CC(C)C1(C2c3cc(C(C)(C)C)ccc3-c3ccc(C(C)(C)C)cc32)CCC2=C1C=C(C(C)(C)C)C2. The molecule has 2 aromatic rings. The molecule has 0 heteroatoms. The van der Waals surface area contributed by atoms with E-state index in [0.29, 0.717) is 11.8 Å². The smallest absolute Gasteiger partial charge is 0.0201 e. The minimum absolute atomic E-state index is 0.142. The molecule has 3 aliphatic rings. The largest absolute Gasteiger partial charge is 0.0623 e. The van der Waals surface area contributed by atoms with E-state index in [4.69, 9.17) is 0 Å². The van der Waals surface area contributed by atoms with E-state index in [-0.39, 0.29) is 21.7 Å². The van der Waals surface area contributed by atoms with Gasteiger partial charge in [0.1, 0.15) is 0 Å². The Labute approximate surface area is 221 Å². The van der Waals surface area contributed by atoms with Crippen LogP contribution in [0, 0.1) is 16.7 Å². The lowest BCUT2D eigenvalue weighted by molar-refractivity contribution is 0.217. The molecule has 36 heavy (non-hydrogen) atoms. The van der Waals surface area contributed by atoms with E-state index in [0.717, 1.165) is 0 Å². The Balaban J connectivity index is 1.79. The fourth-order valence-corrected chi connectivity index (χ4v) is 7.30. The average molecular weight is 481 g/mol. The fourth-order valence-electron chi connectivity index (χ4n) is 7.30. The van der Waals surface area contributed by atoms with Crippen molar-refractivity contribution in [2.45, 2.75) is 112 Å². The van der Waals surface area contributed by atoms with Gasteiger partial charge in [0, 0.05) is 11.3 Å². The first-order chi connectivity index (χ1) is 16.5. The third-order valence-corrected chi connectivity index (χ3v) is 9.70. The highest BCUT2D eigenvalue weighted by Gasteiger charge is 2.53. The Hall–Kier alpha value is -2.08. The molecular formula is C36H48. The summed E-state index contributed by atoms with van der Waals surface area (Å²) in [6, 6.07) is 14.8. The number of allylic oxidation sites excluding steroid dienone is 4. The third kappa shape index (κ3) is 3.77. The minimum Gasteiger partial charge on any atom is -0.0623 e. The zero-order valence-corrected chi connectivity index (χ0v) is 24.8. The standard InChI is InChI=1S/C36H48/c1-22(2)36(17-16-23-18-26(21-31(23)36)35(9,10)11)32-29-19-24(33(3,4)5)12-14-27(29)28-15-13-25(20-30(28)32)34(6,7)8/h12-15,19-22,32H,16-18H2,1-11H3. The van der Waals surface area contributed by atoms with Crippen LogP contribution in [0.1, 0.15) is 124 Å². The van der Waals surface area contributed by atoms with Crippen LogP contribution in [0.25, 0.3) is 11.1 Å². The Morgan fingerprint density at radius 3 is 1.64 bits per heavy atom. The van der Waals surface area contributed by atoms with Gasteiger partial charge in [0.2, 0.25) is 0 Å². The number of rotatable bonds is 2. The Morgan fingerprint density at radius 1 is 0.722 bits per heavy atom. The van der Waals surface area contributed by atoms with E-state index in [9.17, 15) is 0 Å². The third-order valence-electron chi connectivity index (χ3n) is 9.70. The van der Waals surface area contributed by atoms with E-state index in [1.807, 2.05) is 0 Å². The van der Waals surface area contributed by atoms with Crippen molar-refractivity contribution in [1.82, 2.24) is 0 Å². The molecule has 0 bridgehead atoms. The second-order valence-electron chi connectivity index (χ2n) is 15.3. The molecule has 3 aliphatic carbocycles. The fraction of sp³-hybridized carbons (Fsp3) is 0.556. The molecule has 0 spiro atoms. The summed E-state index contributed by atoms with van der Waals surface area (Å²) in [5.41, 5.74) is 14.7. The van der Waals surface area contributed by atoms with Crippen LogP contribution >= 0.6 is 0 Å². The van der Waals surface area contributed by atoms with Crippen LogP contribution in [0.5, 0.6) is 0 Å². The van der Waals surface area contributed by atoms with Gasteiger partial charge in [0.05, 0.1) is 0 Å². The first-order valence-electron chi connectivity index (χ1n) is 14.3. The highest BCUT2D eigenvalue weighted by molar-refractivity contribution is 5.81. The first-order valence-corrected chi connectivity index (χ1v) is 14.3. The molecule has 1 atom stereocenters. The first kappa shape index (κ1) is 25.6. The summed E-state index contributed by atoms with van der Waals surface area (Å²) in [6.45, 7) is 26.3. The summed E-state index contributed by atoms with van der Waals surface area (Å²) >= 11 is 0. The number of hydrogen-bond donors (Lipinski definition) is 0. The highest BCUT2D eigenvalue weighted by Crippen LogP contribution is 2.66. The van der Waals surface area contributed by atoms with Crippen molar-refractivity contribution in [3.05, 3.63) is 81.4 Å². The predicted molar refractivity (Wildman–Crippen MR) is 157 cm³/mol. The van der Waals surface area contributed by atoms with Gasteiger partial charge in [-0.1, -0.05) is 130 Å². The Morgan fingerprint density at radius 2 is 1.22 bits per heavy atom. The van der Waals surface area contributed by atoms with Gasteiger partial charge >= 0.3 is 0 Å². The number of benzene rings is 2. The lowest BCUT2D eigenvalue weighted by Gasteiger charge is -2.43. The van der Waals surface area contributed by atoms with Gasteiger partial charge in [-0.05, 0) is 80.4 Å². The van der Waals surface area contributed by atoms with Crippen molar-refractivity contribution in [2.24, 2.45) is 16.7 Å². The van der Waals surface area contributed by atoms with Crippen molar-refractivity contribution >= 4 is 0 Å². The van der Waals surface area contributed by atoms with Crippen molar-refractivity contribution in [1.29, 1.82) is 0 Å². The van der Waals surface area contributed by atoms with Crippen molar-refractivity contribution < 1.29 is 0 Å². The Kier molecular flexibility index (Phi) is 5.65. The molecule has 0 N–H and O–H groups in total. The van der Waals surface area contributed by atoms with E-state index in [2.05, 4.69) is 119 Å². The van der Waals surface area contributed by atoms with Crippen LogP contribution < -0.4 is 0 Å². The monoisotopic (exact) mass is 480 g/mol. The van der Waals surface area contributed by atoms with Crippen molar-refractivity contribution in [2.75, 3.05) is 0 Å². The molecule has 0 radical (unpaired) electrons. The summed E-state index contributed by atoms with van der Waals surface area (Å²) < 4.78 is 0. The van der Waals surface area contributed by atoms with Crippen LogP contribution in [0.15, 0.2) is 59.2 Å². The normalized spacial score (nSPS) is 22.3. The predicted octanol–water partition coefficient (Wildman–Crippen LogP) is 10.5. The molecule has 192 valence electrons. The zero-order chi connectivity index (χ0) is 26.4. The quantitative estimate of drug-likeness (QED) is 0.401. The van der Waals surface area contributed by atoms with Gasteiger partial charge in [0.25, 0.3) is 0 Å². The molecule has 2 aromatic carbocycles. The molecular weight excluding hydrogens is 432 g/mol. The van der Waals surface area contributed by atoms with Gasteiger partial charge in [-0.2, -0.15) is 0 Å². The number of fused-ring (bicyclic) bond motifs is 3. The average Bonchev–Trinajstić information content (AvgIpc) is 3.41. The van der Waals surface area contributed by atoms with Gasteiger partial charge in [0.15, 0.2) is 0 Å². The van der Waals surface area contributed by atoms with Crippen LogP contribution in [0.4, 0.5) is 0 Å². The van der Waals surface area contributed by atoms with Crippen molar-refractivity contribution in [3.63, 3.8) is 0 Å². The summed E-state index contributed by atoms with van der Waals surface area (Å²) in [5, 5.41) is 0. The molecule has 5 rings (SSSR count). The lowest BCUT2D eigenvalue weighted by Crippen LogP contribution is -2.34. The van der Waals surface area contributed by atoms with Gasteiger partial charge in [-0.25, -0.2) is 0 Å². The topological polar surface area (TPSA) is 0 Å². The van der Waals surface area contributed by atoms with E-state index in [1.54, 1.807) is 27.8 Å². The van der Waals surface area contributed by atoms with E-state index < -0.39 is 0 Å². The molecule has 0 aromatic heterocycles. The maximum absolute atomic E-state index is 2.65. The summed E-state index contributed by atoms with van der Waals surface area (Å²) in [5.74, 6) is 0.983. The van der Waals surface area contributed by atoms with E-state index >= 15 is 0 Å². The van der Waals surface area contributed by atoms with Crippen molar-refractivity contribution in [3.8, 4) is 11.1 Å². The molecule has 0 heterocycles. The van der Waals surface area contributed by atoms with Gasteiger partial charge in [-0.15, -0.1) is 0 Å². The molecule has 0 nitrogen and oxygen atoms in total.